The van der Waals surface area contributed by atoms with Gasteiger partial charge in [-0.05, 0) is 46.0 Å². The van der Waals surface area contributed by atoms with Gasteiger partial charge in [0.05, 0.1) is 11.0 Å². The number of rotatable bonds is 5. The number of H-pyrrole nitrogens is 1. The number of benzene rings is 1. The summed E-state index contributed by atoms with van der Waals surface area (Å²) in [6.07, 6.45) is 7.40. The van der Waals surface area contributed by atoms with E-state index < -0.39 is 0 Å². The number of nitrogens with zero attached hydrogens (tertiary/aromatic N) is 3. The van der Waals surface area contributed by atoms with Crippen LogP contribution in [0, 0.1) is 6.92 Å². The summed E-state index contributed by atoms with van der Waals surface area (Å²) in [6, 6.07) is 8.61. The summed E-state index contributed by atoms with van der Waals surface area (Å²) < 4.78 is 0. The third-order valence-corrected chi connectivity index (χ3v) is 5.54. The Bertz CT molecular complexity index is 1020. The molecular weight excluding hydrogens is 408 g/mol. The molecule has 1 aromatic carbocycles. The lowest BCUT2D eigenvalue weighted by atomic mass is 10.1. The van der Waals surface area contributed by atoms with Crippen LogP contribution in [0.3, 0.4) is 0 Å². The van der Waals surface area contributed by atoms with Gasteiger partial charge in [-0.25, -0.2) is 0 Å². The van der Waals surface area contributed by atoms with E-state index in [1.165, 1.54) is 23.9 Å². The first kappa shape index (κ1) is 27.9. The molecule has 0 radical (unpaired) electrons. The summed E-state index contributed by atoms with van der Waals surface area (Å²) in [7, 11) is 1.50. The van der Waals surface area contributed by atoms with Crippen LogP contribution in [0.1, 0.15) is 37.6 Å². The van der Waals surface area contributed by atoms with Crippen LogP contribution in [-0.4, -0.2) is 59.8 Å². The van der Waals surface area contributed by atoms with Gasteiger partial charge >= 0.3 is 0 Å². The highest BCUT2D eigenvalue weighted by Gasteiger charge is 2.17. The topological polar surface area (TPSA) is 87.2 Å². The Hall–Kier alpha value is -3.09. The number of piperazine rings is 1. The SMILES string of the molecule is C=C(c1cccc(C)c1)N1CCN(CC)CC1.C=C/C=c1/c(/C(N)=C/C)n[nH]/c1=C/C.CN. The summed E-state index contributed by atoms with van der Waals surface area (Å²) in [6.45, 7) is 21.8. The number of aromatic nitrogens is 2. The van der Waals surface area contributed by atoms with Crippen molar-refractivity contribution >= 4 is 23.5 Å². The Morgan fingerprint density at radius 2 is 1.85 bits per heavy atom. The number of hydrogen-bond acceptors (Lipinski definition) is 5. The Labute approximate surface area is 199 Å². The summed E-state index contributed by atoms with van der Waals surface area (Å²) in [5.74, 6) is 0. The molecule has 33 heavy (non-hydrogen) atoms. The van der Waals surface area contributed by atoms with Gasteiger partial charge in [0.2, 0.25) is 0 Å². The highest BCUT2D eigenvalue weighted by molar-refractivity contribution is 5.63. The Morgan fingerprint density at radius 3 is 2.36 bits per heavy atom. The van der Waals surface area contributed by atoms with E-state index in [1.54, 1.807) is 6.08 Å². The van der Waals surface area contributed by atoms with Gasteiger partial charge in [-0.2, -0.15) is 5.10 Å². The first-order valence-corrected chi connectivity index (χ1v) is 11.5. The predicted molar refractivity (Wildman–Crippen MR) is 144 cm³/mol. The van der Waals surface area contributed by atoms with Crippen LogP contribution in [0.4, 0.5) is 0 Å². The van der Waals surface area contributed by atoms with E-state index >= 15 is 0 Å². The van der Waals surface area contributed by atoms with Crippen LogP contribution in [0.2, 0.25) is 0 Å². The van der Waals surface area contributed by atoms with Gasteiger partial charge in [0.15, 0.2) is 0 Å². The van der Waals surface area contributed by atoms with E-state index in [4.69, 9.17) is 5.73 Å². The predicted octanol–water partition coefficient (Wildman–Crippen LogP) is 2.67. The van der Waals surface area contributed by atoms with Crippen LogP contribution in [-0.2, 0) is 0 Å². The molecule has 1 fully saturated rings. The number of hydrogen-bond donors (Lipinski definition) is 3. The number of aryl methyl sites for hydroxylation is 1. The van der Waals surface area contributed by atoms with E-state index in [9.17, 15) is 0 Å². The minimum Gasteiger partial charge on any atom is -0.397 e. The molecule has 5 N–H and O–H groups in total. The number of likely N-dealkylation sites (N-methyl/N-ethyl adjacent to an activating group) is 1. The molecule has 1 aromatic heterocycles. The van der Waals surface area contributed by atoms with Crippen LogP contribution in [0.5, 0.6) is 0 Å². The van der Waals surface area contributed by atoms with E-state index in [-0.39, 0.29) is 0 Å². The van der Waals surface area contributed by atoms with Crippen LogP contribution in [0.15, 0.2) is 49.6 Å². The highest BCUT2D eigenvalue weighted by Crippen LogP contribution is 2.19. The van der Waals surface area contributed by atoms with Crippen molar-refractivity contribution in [3.63, 3.8) is 0 Å². The van der Waals surface area contributed by atoms with Crippen molar-refractivity contribution in [2.45, 2.75) is 27.7 Å². The maximum Gasteiger partial charge on any atom is 0.115 e. The lowest BCUT2D eigenvalue weighted by molar-refractivity contribution is 0.183. The van der Waals surface area contributed by atoms with E-state index in [0.717, 1.165) is 49.0 Å². The zero-order valence-electron chi connectivity index (χ0n) is 21.1. The second-order valence-electron chi connectivity index (χ2n) is 7.57. The normalized spacial score (nSPS) is 15.3. The number of nitrogens with one attached hydrogen (secondary N) is 1. The van der Waals surface area contributed by atoms with E-state index in [1.807, 2.05) is 32.1 Å². The molecule has 0 saturated carbocycles. The van der Waals surface area contributed by atoms with Gasteiger partial charge in [0, 0.05) is 37.1 Å². The van der Waals surface area contributed by atoms with Crippen molar-refractivity contribution in [2.75, 3.05) is 39.8 Å². The third kappa shape index (κ3) is 8.08. The molecule has 180 valence electrons. The fourth-order valence-electron chi connectivity index (χ4n) is 3.57. The molecule has 1 aliphatic heterocycles. The average molecular weight is 451 g/mol. The van der Waals surface area contributed by atoms with Crippen LogP contribution < -0.4 is 22.0 Å². The Kier molecular flexibility index (Phi) is 12.6. The summed E-state index contributed by atoms with van der Waals surface area (Å²) in [5.41, 5.74) is 15.5. The number of allylic oxidation sites excluding steroid dienone is 2. The second kappa shape index (κ2) is 14.9. The molecule has 0 spiro atoms. The van der Waals surface area contributed by atoms with Crippen molar-refractivity contribution in [3.8, 4) is 0 Å². The zero-order valence-corrected chi connectivity index (χ0v) is 21.1. The van der Waals surface area contributed by atoms with Crippen molar-refractivity contribution in [1.29, 1.82) is 0 Å². The van der Waals surface area contributed by atoms with E-state index in [2.05, 4.69) is 77.0 Å². The molecule has 0 bridgehead atoms. The van der Waals surface area contributed by atoms with Crippen molar-refractivity contribution in [1.82, 2.24) is 20.0 Å². The summed E-state index contributed by atoms with van der Waals surface area (Å²) in [5, 5.41) is 9.01. The molecule has 1 aliphatic rings. The number of aromatic amines is 1. The molecule has 0 aliphatic carbocycles. The fraction of sp³-hybridized carbons (Fsp3) is 0.370. The molecule has 6 nitrogen and oxygen atoms in total. The third-order valence-electron chi connectivity index (χ3n) is 5.54. The van der Waals surface area contributed by atoms with E-state index in [0.29, 0.717) is 5.70 Å². The van der Waals surface area contributed by atoms with Gasteiger partial charge < -0.3 is 21.3 Å². The molecule has 3 rings (SSSR count). The first-order valence-electron chi connectivity index (χ1n) is 11.5. The summed E-state index contributed by atoms with van der Waals surface area (Å²) >= 11 is 0. The van der Waals surface area contributed by atoms with Crippen LogP contribution in [0.25, 0.3) is 23.5 Å². The molecule has 2 heterocycles. The van der Waals surface area contributed by atoms with Crippen molar-refractivity contribution in [2.24, 2.45) is 11.5 Å². The molecule has 0 atom stereocenters. The second-order valence-corrected chi connectivity index (χ2v) is 7.57. The molecule has 0 amide bonds. The smallest absolute Gasteiger partial charge is 0.115 e. The molecule has 0 unspecified atom stereocenters. The monoisotopic (exact) mass is 450 g/mol. The Morgan fingerprint density at radius 1 is 1.18 bits per heavy atom. The van der Waals surface area contributed by atoms with Gasteiger partial charge in [0.1, 0.15) is 5.69 Å². The zero-order chi connectivity index (χ0) is 24.8. The maximum absolute atomic E-state index is 5.80. The Balaban J connectivity index is 0.000000313. The summed E-state index contributed by atoms with van der Waals surface area (Å²) in [4.78, 5) is 4.89. The quantitative estimate of drug-likeness (QED) is 0.652. The highest BCUT2D eigenvalue weighted by atomic mass is 15.3. The number of nitrogens with two attached hydrogens (primary N) is 2. The minimum absolute atomic E-state index is 0.669. The molecular formula is C27H42N6. The lowest BCUT2D eigenvalue weighted by Gasteiger charge is -2.36. The maximum atomic E-state index is 5.80. The fourth-order valence-corrected chi connectivity index (χ4v) is 3.57. The lowest BCUT2D eigenvalue weighted by Crippen LogP contribution is -2.44. The molecule has 6 heteroatoms. The average Bonchev–Trinajstić information content (AvgIpc) is 3.27. The largest absolute Gasteiger partial charge is 0.397 e. The van der Waals surface area contributed by atoms with Crippen molar-refractivity contribution in [3.05, 3.63) is 77.0 Å². The van der Waals surface area contributed by atoms with Gasteiger partial charge in [-0.3, -0.25) is 5.10 Å². The van der Waals surface area contributed by atoms with Gasteiger partial charge in [0.25, 0.3) is 0 Å². The van der Waals surface area contributed by atoms with Crippen LogP contribution >= 0.6 is 0 Å². The van der Waals surface area contributed by atoms with Gasteiger partial charge in [-0.1, -0.05) is 68.1 Å². The first-order chi connectivity index (χ1) is 15.9. The standard InChI is InChI=1S/C15H22N2.C11H15N3.CH5N/c1-4-16-8-10-17(11-9-16)14(3)15-7-5-6-13(2)12-15;1-4-7-8-10(6-3)13-14-11(8)9(12)5-2;1-2/h5-7,12H,3-4,8-11H2,1-2H3;4-7,13H,1,12H2,2-3H3;2H2,1H3/b;8-7+,9-5-,10-6+;. The molecule has 2 aromatic rings. The minimum atomic E-state index is 0.669. The van der Waals surface area contributed by atoms with Gasteiger partial charge in [-0.15, -0.1) is 0 Å². The molecule has 1 saturated heterocycles. The van der Waals surface area contributed by atoms with Crippen molar-refractivity contribution < 1.29 is 0 Å².